The molecule has 0 radical (unpaired) electrons. The molecule has 222 valence electrons. The predicted octanol–water partition coefficient (Wildman–Crippen LogP) is 7.43. The van der Waals surface area contributed by atoms with Gasteiger partial charge in [-0.1, -0.05) is 77.5 Å². The molecule has 1 saturated heterocycles. The van der Waals surface area contributed by atoms with Crippen molar-refractivity contribution < 1.29 is 4.79 Å². The summed E-state index contributed by atoms with van der Waals surface area (Å²) >= 11 is 0. The van der Waals surface area contributed by atoms with E-state index in [1.165, 1.54) is 54.8 Å². The molecule has 0 bridgehead atoms. The van der Waals surface area contributed by atoms with E-state index < -0.39 is 0 Å². The van der Waals surface area contributed by atoms with Crippen molar-refractivity contribution in [2.45, 2.75) is 68.2 Å². The minimum Gasteiger partial charge on any atom is -0.397 e. The van der Waals surface area contributed by atoms with Gasteiger partial charge in [-0.05, 0) is 64.0 Å². The molecule has 2 aliphatic heterocycles. The van der Waals surface area contributed by atoms with Crippen molar-refractivity contribution in [1.82, 2.24) is 20.1 Å². The van der Waals surface area contributed by atoms with Crippen LogP contribution in [0.2, 0.25) is 0 Å². The molecule has 1 amide bonds. The average Bonchev–Trinajstić information content (AvgIpc) is 2.97. The molecule has 0 saturated carbocycles. The quantitative estimate of drug-likeness (QED) is 0.406. The summed E-state index contributed by atoms with van der Waals surface area (Å²) in [4.78, 5) is 19.9. The Balaban J connectivity index is 0.000000802. The van der Waals surface area contributed by atoms with Crippen LogP contribution in [0, 0.1) is 0 Å². The molecule has 2 aliphatic rings. The summed E-state index contributed by atoms with van der Waals surface area (Å²) in [5.74, 6) is 0.0469. The topological polar surface area (TPSA) is 74.5 Å². The van der Waals surface area contributed by atoms with Gasteiger partial charge in [0.2, 0.25) is 0 Å². The lowest BCUT2D eigenvalue weighted by Crippen LogP contribution is -2.31. The van der Waals surface area contributed by atoms with Crippen LogP contribution < -0.4 is 11.1 Å². The van der Waals surface area contributed by atoms with Gasteiger partial charge >= 0.3 is 0 Å². The number of pyridine rings is 1. The zero-order chi connectivity index (χ0) is 29.2. The molecule has 0 aliphatic carbocycles. The molecule has 40 heavy (non-hydrogen) atoms. The number of aromatic nitrogens is 1. The number of carbonyl (C=O) groups is 1. The molecule has 2 aromatic rings. The van der Waals surface area contributed by atoms with Gasteiger partial charge in [0, 0.05) is 49.6 Å². The van der Waals surface area contributed by atoms with Crippen LogP contribution in [0.1, 0.15) is 84.3 Å². The van der Waals surface area contributed by atoms with Crippen LogP contribution >= 0.6 is 0 Å². The van der Waals surface area contributed by atoms with E-state index >= 15 is 0 Å². The van der Waals surface area contributed by atoms with Gasteiger partial charge in [-0.15, -0.1) is 0 Å². The van der Waals surface area contributed by atoms with Crippen LogP contribution in [0.5, 0.6) is 0 Å². The van der Waals surface area contributed by atoms with Gasteiger partial charge in [0.05, 0.1) is 17.6 Å². The summed E-state index contributed by atoms with van der Waals surface area (Å²) in [5.41, 5.74) is 13.3. The number of nitrogen functional groups attached to an aromatic ring is 1. The number of likely N-dealkylation sites (tertiary alicyclic amines) is 1. The second-order valence-corrected chi connectivity index (χ2v) is 9.41. The van der Waals surface area contributed by atoms with Crippen molar-refractivity contribution >= 4 is 17.2 Å². The number of hydrogen-bond donors (Lipinski definition) is 2. The normalized spacial score (nSPS) is 14.8. The fraction of sp³-hybridized carbons (Fsp3) is 0.471. The van der Waals surface area contributed by atoms with Crippen molar-refractivity contribution in [2.24, 2.45) is 0 Å². The molecular weight excluding hydrogens is 494 g/mol. The standard InChI is InChI=1S/C20H28N4.C9H11NO.2C2H6.CH4/c1-15(14-24-10-4-3-5-11-24)12-19-16(2)22-9-8-18(19)20-7-6-17(21)13-23-20;1-10(2)9(11)8-6-4-3-5-7-8;2*1-2;/h6-8,12-13,22H,3-5,9-11,14,21H2,1-2H3;3-7H,1-2H3;2*1-2H3;1H4/b15-12+;;;;. The molecule has 4 rings (SSSR count). The molecule has 0 spiro atoms. The monoisotopic (exact) mass is 549 g/mol. The molecule has 1 fully saturated rings. The van der Waals surface area contributed by atoms with Crippen LogP contribution in [0.25, 0.3) is 5.57 Å². The third-order valence-corrected chi connectivity index (χ3v) is 6.17. The fourth-order valence-electron chi connectivity index (χ4n) is 4.31. The molecule has 0 unspecified atom stereocenters. The molecule has 0 atom stereocenters. The Kier molecular flexibility index (Phi) is 18.8. The van der Waals surface area contributed by atoms with Crippen LogP contribution in [-0.4, -0.2) is 61.0 Å². The summed E-state index contributed by atoms with van der Waals surface area (Å²) in [5, 5.41) is 3.44. The molecule has 1 aromatic heterocycles. The van der Waals surface area contributed by atoms with Crippen molar-refractivity contribution in [1.29, 1.82) is 0 Å². The third-order valence-electron chi connectivity index (χ3n) is 6.17. The maximum absolute atomic E-state index is 11.3. The Morgan fingerprint density at radius 2 is 1.65 bits per heavy atom. The first-order chi connectivity index (χ1) is 18.8. The van der Waals surface area contributed by atoms with E-state index in [9.17, 15) is 4.79 Å². The summed E-state index contributed by atoms with van der Waals surface area (Å²) < 4.78 is 0. The first kappa shape index (κ1) is 36.6. The molecule has 3 N–H and O–H groups in total. The number of nitrogens with zero attached hydrogens (tertiary/aromatic N) is 3. The number of nitrogens with one attached hydrogen (secondary N) is 1. The Hall–Kier alpha value is -3.38. The number of nitrogens with two attached hydrogens (primary N) is 1. The maximum Gasteiger partial charge on any atom is 0.253 e. The molecule has 3 heterocycles. The highest BCUT2D eigenvalue weighted by Gasteiger charge is 2.16. The van der Waals surface area contributed by atoms with Crippen molar-refractivity contribution in [3.05, 3.63) is 88.9 Å². The summed E-state index contributed by atoms with van der Waals surface area (Å²) in [7, 11) is 3.49. The van der Waals surface area contributed by atoms with Gasteiger partial charge in [-0.3, -0.25) is 14.7 Å². The first-order valence-corrected chi connectivity index (χ1v) is 14.4. The number of hydrogen-bond acceptors (Lipinski definition) is 5. The highest BCUT2D eigenvalue weighted by atomic mass is 16.2. The number of dihydropyridines is 1. The zero-order valence-electron chi connectivity index (χ0n) is 25.6. The summed E-state index contributed by atoms with van der Waals surface area (Å²) in [6.07, 6.45) is 10.3. The fourth-order valence-corrected chi connectivity index (χ4v) is 4.31. The van der Waals surface area contributed by atoms with Gasteiger partial charge in [0.15, 0.2) is 0 Å². The number of carbonyl (C=O) groups excluding carboxylic acids is 1. The number of piperidine rings is 1. The molecular formula is C34H55N5O. The van der Waals surface area contributed by atoms with Crippen molar-refractivity contribution in [3.8, 4) is 0 Å². The smallest absolute Gasteiger partial charge is 0.253 e. The largest absolute Gasteiger partial charge is 0.397 e. The number of anilines is 1. The van der Waals surface area contributed by atoms with E-state index in [1.807, 2.05) is 70.2 Å². The van der Waals surface area contributed by atoms with Crippen LogP contribution in [-0.2, 0) is 0 Å². The van der Waals surface area contributed by atoms with Crippen LogP contribution in [0.15, 0.2) is 77.7 Å². The minimum atomic E-state index is 0. The van der Waals surface area contributed by atoms with E-state index in [-0.39, 0.29) is 13.3 Å². The van der Waals surface area contributed by atoms with Gasteiger partial charge in [0.1, 0.15) is 0 Å². The Morgan fingerprint density at radius 1 is 1.02 bits per heavy atom. The highest BCUT2D eigenvalue weighted by Crippen LogP contribution is 2.28. The Labute approximate surface area is 245 Å². The minimum absolute atomic E-state index is 0. The van der Waals surface area contributed by atoms with Gasteiger partial charge in [-0.25, -0.2) is 0 Å². The van der Waals surface area contributed by atoms with Gasteiger partial charge in [0.25, 0.3) is 5.91 Å². The number of amides is 1. The van der Waals surface area contributed by atoms with Crippen molar-refractivity contribution in [2.75, 3.05) is 46.0 Å². The third kappa shape index (κ3) is 12.2. The van der Waals surface area contributed by atoms with E-state index in [0.717, 1.165) is 24.3 Å². The SMILES string of the molecule is C.CC.CC.CC1=C(/C=C(\C)CN2CCCCC2)C(c2ccc(N)cn2)=CCN1.CN(C)C(=O)c1ccccc1. The predicted molar refractivity (Wildman–Crippen MR) is 175 cm³/mol. The second kappa shape index (κ2) is 20.5. The number of benzene rings is 1. The number of allylic oxidation sites excluding steroid dienone is 4. The summed E-state index contributed by atoms with van der Waals surface area (Å²) in [6.45, 7) is 16.7. The molecule has 6 heteroatoms. The Morgan fingerprint density at radius 3 is 2.20 bits per heavy atom. The van der Waals surface area contributed by atoms with E-state index in [1.54, 1.807) is 25.2 Å². The average molecular weight is 550 g/mol. The summed E-state index contributed by atoms with van der Waals surface area (Å²) in [6, 6.07) is 13.2. The van der Waals surface area contributed by atoms with E-state index in [4.69, 9.17) is 5.73 Å². The Bertz CT molecular complexity index is 1060. The molecule has 1 aromatic carbocycles. The van der Waals surface area contributed by atoms with Crippen LogP contribution in [0.4, 0.5) is 5.69 Å². The lowest BCUT2D eigenvalue weighted by Gasteiger charge is -2.27. The molecule has 6 nitrogen and oxygen atoms in total. The second-order valence-electron chi connectivity index (χ2n) is 9.41. The first-order valence-electron chi connectivity index (χ1n) is 14.4. The highest BCUT2D eigenvalue weighted by molar-refractivity contribution is 5.93. The van der Waals surface area contributed by atoms with Gasteiger partial charge in [-0.2, -0.15) is 0 Å². The zero-order valence-corrected chi connectivity index (χ0v) is 25.6. The maximum atomic E-state index is 11.3. The van der Waals surface area contributed by atoms with Crippen LogP contribution in [0.3, 0.4) is 0 Å². The lowest BCUT2D eigenvalue weighted by molar-refractivity contribution is 0.0827. The van der Waals surface area contributed by atoms with Crippen molar-refractivity contribution in [3.63, 3.8) is 0 Å². The van der Waals surface area contributed by atoms with E-state index in [2.05, 4.69) is 41.2 Å². The number of rotatable bonds is 5. The van der Waals surface area contributed by atoms with E-state index in [0.29, 0.717) is 5.69 Å². The lowest BCUT2D eigenvalue weighted by atomic mass is 9.95. The van der Waals surface area contributed by atoms with Gasteiger partial charge < -0.3 is 16.0 Å².